The molecule has 0 aromatic carbocycles. The summed E-state index contributed by atoms with van der Waals surface area (Å²) in [5.41, 5.74) is 0.648. The van der Waals surface area contributed by atoms with Gasteiger partial charge in [-0.2, -0.15) is 0 Å². The van der Waals surface area contributed by atoms with Gasteiger partial charge in [-0.25, -0.2) is 4.79 Å². The third-order valence-electron chi connectivity index (χ3n) is 1.30. The summed E-state index contributed by atoms with van der Waals surface area (Å²) in [6.45, 7) is 3.52. The van der Waals surface area contributed by atoms with Gasteiger partial charge in [0.1, 0.15) is 0 Å². The first kappa shape index (κ1) is 8.39. The van der Waals surface area contributed by atoms with Crippen molar-refractivity contribution in [2.45, 2.75) is 0 Å². The van der Waals surface area contributed by atoms with Gasteiger partial charge in [0.15, 0.2) is 0 Å². The number of nitrogens with zero attached hydrogens (tertiary/aromatic N) is 2. The van der Waals surface area contributed by atoms with Crippen LogP contribution < -0.4 is 0 Å². The molecule has 0 amide bonds. The van der Waals surface area contributed by atoms with Crippen molar-refractivity contribution in [1.82, 2.24) is 9.97 Å². The second-order valence-corrected chi connectivity index (χ2v) is 2.06. The normalized spacial score (nSPS) is 9.08. The fourth-order valence-corrected chi connectivity index (χ4v) is 0.683. The Kier molecular flexibility index (Phi) is 2.53. The molecule has 0 N–H and O–H groups in total. The predicted molar refractivity (Wildman–Crippen MR) is 43.1 cm³/mol. The van der Waals surface area contributed by atoms with Crippen molar-refractivity contribution < 1.29 is 9.53 Å². The largest absolute Gasteiger partial charge is 0.465 e. The average Bonchev–Trinajstić information content (AvgIpc) is 2.17. The molecule has 0 atom stereocenters. The molecule has 1 heterocycles. The number of esters is 1. The van der Waals surface area contributed by atoms with Crippen molar-refractivity contribution >= 4 is 11.5 Å². The number of ether oxygens (including phenoxy) is 1. The summed E-state index contributed by atoms with van der Waals surface area (Å²) in [5.74, 6) is -0.490. The summed E-state index contributed by atoms with van der Waals surface area (Å²) in [6, 6.07) is 0. The van der Waals surface area contributed by atoms with Gasteiger partial charge in [-0.3, -0.25) is 9.97 Å². The molecule has 0 saturated heterocycles. The van der Waals surface area contributed by atoms with Crippen LogP contribution in [0, 0.1) is 0 Å². The van der Waals surface area contributed by atoms with Crippen LogP contribution in [0.1, 0.15) is 5.69 Å². The first-order chi connectivity index (χ1) is 5.75. The topological polar surface area (TPSA) is 52.1 Å². The molecule has 0 spiro atoms. The van der Waals surface area contributed by atoms with Crippen molar-refractivity contribution in [2.24, 2.45) is 0 Å². The van der Waals surface area contributed by atoms with Crippen LogP contribution in [-0.4, -0.2) is 23.0 Å². The molecule has 0 radical (unpaired) electrons. The van der Waals surface area contributed by atoms with Crippen LogP contribution >= 0.6 is 0 Å². The zero-order chi connectivity index (χ0) is 8.97. The molecule has 0 aliphatic heterocycles. The Morgan fingerprint density at radius 1 is 1.58 bits per heavy atom. The number of aromatic nitrogens is 2. The first-order valence-electron chi connectivity index (χ1n) is 3.29. The van der Waals surface area contributed by atoms with Gasteiger partial charge in [-0.15, -0.1) is 0 Å². The van der Waals surface area contributed by atoms with E-state index in [1.165, 1.54) is 25.7 Å². The van der Waals surface area contributed by atoms with E-state index in [1.807, 2.05) is 0 Å². The molecule has 1 aromatic heterocycles. The van der Waals surface area contributed by atoms with Crippen LogP contribution in [0.15, 0.2) is 25.2 Å². The minimum Gasteiger partial charge on any atom is -0.465 e. The highest BCUT2D eigenvalue weighted by molar-refractivity contribution is 6.14. The van der Waals surface area contributed by atoms with Crippen LogP contribution in [0.3, 0.4) is 0 Å². The monoisotopic (exact) mass is 164 g/mol. The van der Waals surface area contributed by atoms with Crippen molar-refractivity contribution in [2.75, 3.05) is 7.11 Å². The smallest absolute Gasteiger partial charge is 0.339 e. The Morgan fingerprint density at radius 2 is 2.33 bits per heavy atom. The van der Waals surface area contributed by atoms with Crippen LogP contribution in [-0.2, 0) is 9.53 Å². The quantitative estimate of drug-likeness (QED) is 0.476. The van der Waals surface area contributed by atoms with Crippen molar-refractivity contribution in [3.8, 4) is 0 Å². The summed E-state index contributed by atoms with van der Waals surface area (Å²) in [5, 5.41) is 0. The number of rotatable bonds is 2. The Bertz CT molecular complexity index is 295. The molecule has 4 nitrogen and oxygen atoms in total. The highest BCUT2D eigenvalue weighted by Crippen LogP contribution is 2.07. The zero-order valence-electron chi connectivity index (χ0n) is 6.65. The highest BCUT2D eigenvalue weighted by atomic mass is 16.5. The maximum atomic E-state index is 10.9. The van der Waals surface area contributed by atoms with Gasteiger partial charge >= 0.3 is 5.97 Å². The SMILES string of the molecule is C=C(C(=O)OC)c1cnccn1. The number of hydrogen-bond acceptors (Lipinski definition) is 4. The predicted octanol–water partition coefficient (Wildman–Crippen LogP) is 0.663. The number of hydrogen-bond donors (Lipinski definition) is 0. The van der Waals surface area contributed by atoms with Crippen molar-refractivity contribution in [1.29, 1.82) is 0 Å². The molecule has 12 heavy (non-hydrogen) atoms. The Labute approximate surface area is 69.9 Å². The van der Waals surface area contributed by atoms with Gasteiger partial charge in [-0.1, -0.05) is 6.58 Å². The molecule has 4 heteroatoms. The summed E-state index contributed by atoms with van der Waals surface area (Å²) in [4.78, 5) is 18.6. The standard InChI is InChI=1S/C8H8N2O2/c1-6(8(11)12-2)7-5-9-3-4-10-7/h3-5H,1H2,2H3. The second-order valence-electron chi connectivity index (χ2n) is 2.06. The Hall–Kier alpha value is -1.71. The lowest BCUT2D eigenvalue weighted by atomic mass is 10.2. The van der Waals surface area contributed by atoms with E-state index in [4.69, 9.17) is 0 Å². The van der Waals surface area contributed by atoms with Crippen molar-refractivity contribution in [3.63, 3.8) is 0 Å². The van der Waals surface area contributed by atoms with Gasteiger partial charge in [0.2, 0.25) is 0 Å². The highest BCUT2D eigenvalue weighted by Gasteiger charge is 2.09. The molecular formula is C8H8N2O2. The summed E-state index contributed by atoms with van der Waals surface area (Å²) in [7, 11) is 1.30. The van der Waals surface area contributed by atoms with Crippen LogP contribution in [0.5, 0.6) is 0 Å². The lowest BCUT2D eigenvalue weighted by Crippen LogP contribution is -2.04. The maximum absolute atomic E-state index is 10.9. The molecule has 0 bridgehead atoms. The second kappa shape index (κ2) is 3.61. The minimum atomic E-state index is -0.490. The third kappa shape index (κ3) is 1.66. The molecule has 62 valence electrons. The first-order valence-corrected chi connectivity index (χ1v) is 3.29. The van der Waals surface area contributed by atoms with Crippen LogP contribution in [0.2, 0.25) is 0 Å². The van der Waals surface area contributed by atoms with E-state index in [9.17, 15) is 4.79 Å². The minimum absolute atomic E-state index is 0.214. The van der Waals surface area contributed by atoms with E-state index in [-0.39, 0.29) is 5.57 Å². The van der Waals surface area contributed by atoms with E-state index in [0.717, 1.165) is 0 Å². The van der Waals surface area contributed by atoms with Crippen molar-refractivity contribution in [3.05, 3.63) is 30.9 Å². The molecule has 0 aliphatic carbocycles. The molecule has 1 rings (SSSR count). The van der Waals surface area contributed by atoms with E-state index >= 15 is 0 Å². The molecule has 1 aromatic rings. The van der Waals surface area contributed by atoms with Gasteiger partial charge in [0, 0.05) is 12.4 Å². The fourth-order valence-electron chi connectivity index (χ4n) is 0.683. The fraction of sp³-hybridized carbons (Fsp3) is 0.125. The van der Waals surface area contributed by atoms with Gasteiger partial charge in [0.25, 0.3) is 0 Å². The molecular weight excluding hydrogens is 156 g/mol. The van der Waals surface area contributed by atoms with E-state index in [0.29, 0.717) is 5.69 Å². The molecule has 0 aliphatic rings. The Morgan fingerprint density at radius 3 is 2.83 bits per heavy atom. The lowest BCUT2D eigenvalue weighted by Gasteiger charge is -2.00. The van der Waals surface area contributed by atoms with Gasteiger partial charge in [0.05, 0.1) is 24.6 Å². The van der Waals surface area contributed by atoms with E-state index in [1.54, 1.807) is 0 Å². The summed E-state index contributed by atoms with van der Waals surface area (Å²) < 4.78 is 4.46. The zero-order valence-corrected chi connectivity index (χ0v) is 6.65. The number of methoxy groups -OCH3 is 1. The average molecular weight is 164 g/mol. The Balaban J connectivity index is 2.86. The molecule has 0 unspecified atom stereocenters. The summed E-state index contributed by atoms with van der Waals surface area (Å²) in [6.07, 6.45) is 4.47. The lowest BCUT2D eigenvalue weighted by molar-refractivity contribution is -0.133. The molecule has 0 fully saturated rings. The molecule has 0 saturated carbocycles. The van der Waals surface area contributed by atoms with Crippen LogP contribution in [0.25, 0.3) is 5.57 Å². The van der Waals surface area contributed by atoms with E-state index < -0.39 is 5.97 Å². The van der Waals surface area contributed by atoms with E-state index in [2.05, 4.69) is 21.3 Å². The summed E-state index contributed by atoms with van der Waals surface area (Å²) >= 11 is 0. The third-order valence-corrected chi connectivity index (χ3v) is 1.30. The van der Waals surface area contributed by atoms with Crippen LogP contribution in [0.4, 0.5) is 0 Å². The number of carbonyl (C=O) groups excluding carboxylic acids is 1. The van der Waals surface area contributed by atoms with Gasteiger partial charge in [-0.05, 0) is 0 Å². The number of carbonyl (C=O) groups is 1. The van der Waals surface area contributed by atoms with Gasteiger partial charge < -0.3 is 4.74 Å². The maximum Gasteiger partial charge on any atom is 0.339 e.